The Morgan fingerprint density at radius 1 is 1.19 bits per heavy atom. The molecule has 1 fully saturated rings. The summed E-state index contributed by atoms with van der Waals surface area (Å²) in [6.07, 6.45) is 3.06. The minimum absolute atomic E-state index is 0.116. The molecule has 1 aromatic carbocycles. The highest BCUT2D eigenvalue weighted by atomic mass is 16.5. The molecule has 0 amide bonds. The molecular weight excluding hydrogens is 266 g/mol. The standard InChI is InChI=1S/C16H19N3O2/c1-2-5-12-9-17-14(8-11(12)4-1)16-18-15(19-21-16)13-6-3-7-20-10-13/h1-2,4-5,13-14,17H,3,6-10H2/t13?,14-/m0/s1. The van der Waals surface area contributed by atoms with Crippen molar-refractivity contribution in [3.8, 4) is 0 Å². The first kappa shape index (κ1) is 13.0. The van der Waals surface area contributed by atoms with E-state index in [1.165, 1.54) is 11.1 Å². The number of rotatable bonds is 2. The molecule has 5 heteroatoms. The normalized spacial score (nSPS) is 25.5. The van der Waals surface area contributed by atoms with Crippen LogP contribution >= 0.6 is 0 Å². The molecule has 0 radical (unpaired) electrons. The summed E-state index contributed by atoms with van der Waals surface area (Å²) in [5, 5.41) is 7.65. The number of nitrogens with zero attached hydrogens (tertiary/aromatic N) is 2. The minimum Gasteiger partial charge on any atom is -0.381 e. The van der Waals surface area contributed by atoms with Gasteiger partial charge in [-0.1, -0.05) is 29.4 Å². The fourth-order valence-corrected chi connectivity index (χ4v) is 3.13. The maximum absolute atomic E-state index is 5.50. The van der Waals surface area contributed by atoms with Gasteiger partial charge in [-0.25, -0.2) is 0 Å². The quantitative estimate of drug-likeness (QED) is 0.917. The average molecular weight is 285 g/mol. The van der Waals surface area contributed by atoms with Gasteiger partial charge in [-0.2, -0.15) is 4.98 Å². The molecule has 4 rings (SSSR count). The molecule has 1 N–H and O–H groups in total. The van der Waals surface area contributed by atoms with Crippen molar-refractivity contribution in [2.45, 2.75) is 37.8 Å². The summed E-state index contributed by atoms with van der Waals surface area (Å²) in [7, 11) is 0. The van der Waals surface area contributed by atoms with Crippen molar-refractivity contribution in [2.75, 3.05) is 13.2 Å². The third kappa shape index (κ3) is 2.59. The van der Waals surface area contributed by atoms with Gasteiger partial charge in [-0.3, -0.25) is 0 Å². The molecule has 0 bridgehead atoms. The fraction of sp³-hybridized carbons (Fsp3) is 0.500. The van der Waals surface area contributed by atoms with Crippen LogP contribution in [-0.4, -0.2) is 23.4 Å². The fourth-order valence-electron chi connectivity index (χ4n) is 3.13. The van der Waals surface area contributed by atoms with Crippen LogP contribution in [0.1, 0.15) is 47.6 Å². The largest absolute Gasteiger partial charge is 0.381 e. The number of hydrogen-bond donors (Lipinski definition) is 1. The number of fused-ring (bicyclic) bond motifs is 1. The summed E-state index contributed by atoms with van der Waals surface area (Å²) in [6, 6.07) is 8.62. The summed E-state index contributed by atoms with van der Waals surface area (Å²) in [4.78, 5) is 4.61. The van der Waals surface area contributed by atoms with Gasteiger partial charge >= 0.3 is 0 Å². The van der Waals surface area contributed by atoms with Crippen LogP contribution in [0.3, 0.4) is 0 Å². The van der Waals surface area contributed by atoms with Crippen LogP contribution < -0.4 is 5.32 Å². The SMILES string of the molecule is c1ccc2c(c1)CN[C@H](c1nc(C3CCCOC3)no1)C2. The predicted molar refractivity (Wildman–Crippen MR) is 76.8 cm³/mol. The second-order valence-corrected chi connectivity index (χ2v) is 5.81. The molecule has 5 nitrogen and oxygen atoms in total. The van der Waals surface area contributed by atoms with E-state index < -0.39 is 0 Å². The highest BCUT2D eigenvalue weighted by Gasteiger charge is 2.27. The van der Waals surface area contributed by atoms with E-state index in [0.717, 1.165) is 38.2 Å². The second kappa shape index (κ2) is 5.58. The molecule has 0 aliphatic carbocycles. The Balaban J connectivity index is 1.51. The summed E-state index contributed by atoms with van der Waals surface area (Å²) in [5.41, 5.74) is 2.72. The Morgan fingerprint density at radius 2 is 2.10 bits per heavy atom. The van der Waals surface area contributed by atoms with Gasteiger partial charge in [-0.15, -0.1) is 0 Å². The van der Waals surface area contributed by atoms with Gasteiger partial charge in [0.1, 0.15) is 0 Å². The molecule has 2 aliphatic heterocycles. The molecule has 0 spiro atoms. The topological polar surface area (TPSA) is 60.2 Å². The molecule has 1 aromatic heterocycles. The van der Waals surface area contributed by atoms with Gasteiger partial charge < -0.3 is 14.6 Å². The van der Waals surface area contributed by atoms with Crippen molar-refractivity contribution in [2.24, 2.45) is 0 Å². The van der Waals surface area contributed by atoms with Crippen molar-refractivity contribution >= 4 is 0 Å². The highest BCUT2D eigenvalue weighted by molar-refractivity contribution is 5.30. The Bertz CT molecular complexity index is 619. The van der Waals surface area contributed by atoms with Crippen LogP contribution in [-0.2, 0) is 17.7 Å². The molecule has 1 saturated heterocycles. The third-order valence-electron chi connectivity index (χ3n) is 4.36. The Hall–Kier alpha value is -1.72. The molecule has 0 saturated carbocycles. The first-order valence-electron chi connectivity index (χ1n) is 7.61. The molecule has 110 valence electrons. The van der Waals surface area contributed by atoms with Crippen LogP contribution in [0.15, 0.2) is 28.8 Å². The lowest BCUT2D eigenvalue weighted by molar-refractivity contribution is 0.0773. The monoisotopic (exact) mass is 285 g/mol. The summed E-state index contributed by atoms with van der Waals surface area (Å²) in [5.74, 6) is 1.78. The summed E-state index contributed by atoms with van der Waals surface area (Å²) < 4.78 is 11.0. The van der Waals surface area contributed by atoms with E-state index in [1.807, 2.05) is 0 Å². The van der Waals surface area contributed by atoms with Crippen LogP contribution in [0, 0.1) is 0 Å². The van der Waals surface area contributed by atoms with E-state index in [2.05, 4.69) is 39.7 Å². The Labute approximate surface area is 123 Å². The number of benzene rings is 1. The van der Waals surface area contributed by atoms with Crippen molar-refractivity contribution in [3.63, 3.8) is 0 Å². The second-order valence-electron chi connectivity index (χ2n) is 5.81. The van der Waals surface area contributed by atoms with Crippen molar-refractivity contribution in [1.82, 2.24) is 15.5 Å². The Morgan fingerprint density at radius 3 is 2.95 bits per heavy atom. The molecule has 2 aromatic rings. The summed E-state index contributed by atoms with van der Waals surface area (Å²) >= 11 is 0. The van der Waals surface area contributed by atoms with Crippen LogP contribution in [0.5, 0.6) is 0 Å². The van der Waals surface area contributed by atoms with Gasteiger partial charge in [0.05, 0.1) is 12.6 Å². The number of ether oxygens (including phenoxy) is 1. The van der Waals surface area contributed by atoms with E-state index in [0.29, 0.717) is 12.5 Å². The summed E-state index contributed by atoms with van der Waals surface area (Å²) in [6.45, 7) is 2.41. The van der Waals surface area contributed by atoms with Gasteiger partial charge in [0.2, 0.25) is 5.89 Å². The zero-order chi connectivity index (χ0) is 14.1. The molecule has 2 atom stereocenters. The van der Waals surface area contributed by atoms with E-state index in [4.69, 9.17) is 9.26 Å². The van der Waals surface area contributed by atoms with Crippen LogP contribution in [0.2, 0.25) is 0 Å². The first-order valence-corrected chi connectivity index (χ1v) is 7.61. The van der Waals surface area contributed by atoms with E-state index in [1.54, 1.807) is 0 Å². The van der Waals surface area contributed by atoms with Crippen LogP contribution in [0.4, 0.5) is 0 Å². The zero-order valence-electron chi connectivity index (χ0n) is 11.9. The smallest absolute Gasteiger partial charge is 0.244 e. The lowest BCUT2D eigenvalue weighted by Crippen LogP contribution is -2.28. The van der Waals surface area contributed by atoms with E-state index in [9.17, 15) is 0 Å². The third-order valence-corrected chi connectivity index (χ3v) is 4.36. The minimum atomic E-state index is 0.116. The van der Waals surface area contributed by atoms with Crippen molar-refractivity contribution in [1.29, 1.82) is 0 Å². The highest BCUT2D eigenvalue weighted by Crippen LogP contribution is 2.27. The molecular formula is C16H19N3O2. The lowest BCUT2D eigenvalue weighted by atomic mass is 9.96. The molecule has 3 heterocycles. The Kier molecular flexibility index (Phi) is 3.45. The van der Waals surface area contributed by atoms with E-state index >= 15 is 0 Å². The van der Waals surface area contributed by atoms with Crippen molar-refractivity contribution < 1.29 is 9.26 Å². The maximum Gasteiger partial charge on any atom is 0.244 e. The number of nitrogens with one attached hydrogen (secondary N) is 1. The number of aromatic nitrogens is 2. The number of hydrogen-bond acceptors (Lipinski definition) is 5. The molecule has 21 heavy (non-hydrogen) atoms. The van der Waals surface area contributed by atoms with Gasteiger partial charge in [0.25, 0.3) is 0 Å². The molecule has 1 unspecified atom stereocenters. The van der Waals surface area contributed by atoms with Gasteiger partial charge in [0.15, 0.2) is 5.82 Å². The van der Waals surface area contributed by atoms with Crippen molar-refractivity contribution in [3.05, 3.63) is 47.1 Å². The predicted octanol–water partition coefficient (Wildman–Crippen LogP) is 2.35. The maximum atomic E-state index is 5.50. The zero-order valence-corrected chi connectivity index (χ0v) is 11.9. The van der Waals surface area contributed by atoms with Crippen LogP contribution in [0.25, 0.3) is 0 Å². The molecule has 2 aliphatic rings. The van der Waals surface area contributed by atoms with Gasteiger partial charge in [0, 0.05) is 19.1 Å². The lowest BCUT2D eigenvalue weighted by Gasteiger charge is -2.23. The average Bonchev–Trinajstić information content (AvgIpc) is 3.05. The first-order chi connectivity index (χ1) is 10.4. The van der Waals surface area contributed by atoms with Gasteiger partial charge in [-0.05, 0) is 30.4 Å². The van der Waals surface area contributed by atoms with E-state index in [-0.39, 0.29) is 12.0 Å².